The minimum absolute atomic E-state index is 0.0769. The first-order chi connectivity index (χ1) is 13.3. The second kappa shape index (κ2) is 9.09. The molecule has 0 aromatic heterocycles. The van der Waals surface area contributed by atoms with Gasteiger partial charge >= 0.3 is 0 Å². The molecule has 0 saturated carbocycles. The van der Waals surface area contributed by atoms with Crippen molar-refractivity contribution in [2.24, 2.45) is 0 Å². The van der Waals surface area contributed by atoms with Gasteiger partial charge in [-0.1, -0.05) is 18.2 Å². The summed E-state index contributed by atoms with van der Waals surface area (Å²) in [6, 6.07) is 10.8. The summed E-state index contributed by atoms with van der Waals surface area (Å²) in [5.41, 5.74) is 0.814. The topological polar surface area (TPSA) is 105 Å². The smallest absolute Gasteiger partial charge is 0.293 e. The summed E-state index contributed by atoms with van der Waals surface area (Å²) in [7, 11) is 5.17. The van der Waals surface area contributed by atoms with E-state index in [1.54, 1.807) is 50.3 Å². The van der Waals surface area contributed by atoms with Gasteiger partial charge in [0, 0.05) is 43.9 Å². The zero-order chi connectivity index (χ0) is 20.8. The summed E-state index contributed by atoms with van der Waals surface area (Å²) < 4.78 is 0. The first-order valence-electron chi connectivity index (χ1n) is 8.81. The molecule has 28 heavy (non-hydrogen) atoms. The first kappa shape index (κ1) is 21.0. The Kier molecular flexibility index (Phi) is 6.84. The molecule has 0 heterocycles. The third-order valence-corrected chi connectivity index (χ3v) is 4.39. The fourth-order valence-electron chi connectivity index (χ4n) is 2.67. The number of likely N-dealkylation sites (N-methyl/N-ethyl adjacent to an activating group) is 1. The summed E-state index contributed by atoms with van der Waals surface area (Å²) in [4.78, 5) is 38.0. The van der Waals surface area contributed by atoms with Crippen LogP contribution in [0.3, 0.4) is 0 Å². The number of hydrogen-bond donors (Lipinski definition) is 2. The summed E-state index contributed by atoms with van der Waals surface area (Å²) in [6.45, 7) is 2.32. The third kappa shape index (κ3) is 4.72. The van der Waals surface area contributed by atoms with Crippen LogP contribution in [0, 0.1) is 10.1 Å². The minimum atomic E-state index is -0.524. The van der Waals surface area contributed by atoms with Crippen LogP contribution in [-0.4, -0.2) is 50.3 Å². The van der Waals surface area contributed by atoms with Gasteiger partial charge in [-0.25, -0.2) is 0 Å². The predicted octanol–water partition coefficient (Wildman–Crippen LogP) is 2.23. The van der Waals surface area contributed by atoms with Gasteiger partial charge in [-0.05, 0) is 32.2 Å². The molecule has 2 N–H and O–H groups in total. The number of carbonyl (C=O) groups is 2. The third-order valence-electron chi connectivity index (χ3n) is 4.39. The van der Waals surface area contributed by atoms with Crippen molar-refractivity contribution in [2.75, 3.05) is 32.6 Å². The van der Waals surface area contributed by atoms with Gasteiger partial charge in [0.25, 0.3) is 11.6 Å². The van der Waals surface area contributed by atoms with Gasteiger partial charge in [0.1, 0.15) is 5.69 Å². The number of nitrogens with zero attached hydrogens (tertiary/aromatic N) is 2. The average molecular weight is 384 g/mol. The van der Waals surface area contributed by atoms with E-state index in [9.17, 15) is 19.7 Å². The molecule has 0 aliphatic rings. The molecule has 148 valence electrons. The van der Waals surface area contributed by atoms with E-state index in [1.165, 1.54) is 18.2 Å². The molecule has 0 bridgehead atoms. The van der Waals surface area contributed by atoms with Gasteiger partial charge in [0.05, 0.1) is 10.5 Å². The molecule has 1 unspecified atom stereocenters. The van der Waals surface area contributed by atoms with Crippen molar-refractivity contribution < 1.29 is 14.5 Å². The quantitative estimate of drug-likeness (QED) is 0.411. The second-order valence-electron chi connectivity index (χ2n) is 6.63. The highest BCUT2D eigenvalue weighted by molar-refractivity contribution is 6.15. The van der Waals surface area contributed by atoms with E-state index in [2.05, 4.69) is 10.6 Å². The fourth-order valence-corrected chi connectivity index (χ4v) is 2.67. The minimum Gasteiger partial charge on any atom is -0.372 e. The van der Waals surface area contributed by atoms with Crippen LogP contribution in [0.25, 0.3) is 0 Å². The maximum absolute atomic E-state index is 13.0. The first-order valence-corrected chi connectivity index (χ1v) is 8.81. The van der Waals surface area contributed by atoms with Crippen molar-refractivity contribution in [3.8, 4) is 0 Å². The monoisotopic (exact) mass is 384 g/mol. The van der Waals surface area contributed by atoms with Crippen molar-refractivity contribution in [1.29, 1.82) is 0 Å². The Hall–Kier alpha value is -3.26. The standard InChI is InChI=1S/C20H24N4O4/c1-13(21-2)12-22-20(26)16-8-6-5-7-15(16)19(25)14-9-10-17(23(3)4)18(11-14)24(27)28/h5-11,13,21H,12H2,1-4H3,(H,22,26). The molecule has 2 aromatic carbocycles. The van der Waals surface area contributed by atoms with E-state index in [-0.39, 0.29) is 34.3 Å². The number of anilines is 1. The molecule has 0 radical (unpaired) electrons. The molecule has 8 nitrogen and oxygen atoms in total. The molecular formula is C20H24N4O4. The van der Waals surface area contributed by atoms with Crippen molar-refractivity contribution in [1.82, 2.24) is 10.6 Å². The van der Waals surface area contributed by atoms with Crippen LogP contribution in [0.15, 0.2) is 42.5 Å². The zero-order valence-corrected chi connectivity index (χ0v) is 16.4. The lowest BCUT2D eigenvalue weighted by molar-refractivity contribution is -0.384. The number of nitrogens with one attached hydrogen (secondary N) is 2. The number of nitro groups is 1. The number of rotatable bonds is 8. The number of nitro benzene ring substituents is 1. The predicted molar refractivity (Wildman–Crippen MR) is 108 cm³/mol. The van der Waals surface area contributed by atoms with Crippen LogP contribution in [-0.2, 0) is 0 Å². The highest BCUT2D eigenvalue weighted by Gasteiger charge is 2.22. The van der Waals surface area contributed by atoms with Crippen molar-refractivity contribution in [2.45, 2.75) is 13.0 Å². The van der Waals surface area contributed by atoms with E-state index >= 15 is 0 Å². The lowest BCUT2D eigenvalue weighted by Crippen LogP contribution is -2.37. The Morgan fingerprint density at radius 3 is 2.36 bits per heavy atom. The normalized spacial score (nSPS) is 11.6. The van der Waals surface area contributed by atoms with Crippen molar-refractivity contribution >= 4 is 23.1 Å². The Morgan fingerprint density at radius 1 is 1.14 bits per heavy atom. The van der Waals surface area contributed by atoms with E-state index in [0.717, 1.165) is 0 Å². The summed E-state index contributed by atoms with van der Waals surface area (Å²) in [6.07, 6.45) is 0. The van der Waals surface area contributed by atoms with E-state index in [0.29, 0.717) is 12.2 Å². The molecule has 0 fully saturated rings. The average Bonchev–Trinajstić information content (AvgIpc) is 2.70. The van der Waals surface area contributed by atoms with Crippen molar-refractivity contribution in [3.63, 3.8) is 0 Å². The molecular weight excluding hydrogens is 360 g/mol. The van der Waals surface area contributed by atoms with Gasteiger partial charge in [-0.15, -0.1) is 0 Å². The molecule has 1 amide bonds. The van der Waals surface area contributed by atoms with Gasteiger partial charge < -0.3 is 15.5 Å². The van der Waals surface area contributed by atoms with Crippen LogP contribution < -0.4 is 15.5 Å². The molecule has 0 spiro atoms. The van der Waals surface area contributed by atoms with Crippen LogP contribution in [0.4, 0.5) is 11.4 Å². The Balaban J connectivity index is 2.39. The van der Waals surface area contributed by atoms with E-state index in [1.807, 2.05) is 6.92 Å². The van der Waals surface area contributed by atoms with Crippen LogP contribution in [0.5, 0.6) is 0 Å². The summed E-state index contributed by atoms with van der Waals surface area (Å²) in [5, 5.41) is 17.2. The lowest BCUT2D eigenvalue weighted by Gasteiger charge is -2.14. The molecule has 2 aromatic rings. The largest absolute Gasteiger partial charge is 0.372 e. The molecule has 8 heteroatoms. The highest BCUT2D eigenvalue weighted by Crippen LogP contribution is 2.29. The van der Waals surface area contributed by atoms with Crippen LogP contribution >= 0.6 is 0 Å². The van der Waals surface area contributed by atoms with Gasteiger partial charge in [0.15, 0.2) is 5.78 Å². The van der Waals surface area contributed by atoms with E-state index < -0.39 is 10.7 Å². The van der Waals surface area contributed by atoms with Crippen molar-refractivity contribution in [3.05, 3.63) is 69.3 Å². The number of ketones is 1. The highest BCUT2D eigenvalue weighted by atomic mass is 16.6. The van der Waals surface area contributed by atoms with Gasteiger partial charge in [-0.2, -0.15) is 0 Å². The van der Waals surface area contributed by atoms with Crippen LogP contribution in [0.2, 0.25) is 0 Å². The van der Waals surface area contributed by atoms with Gasteiger partial charge in [-0.3, -0.25) is 19.7 Å². The number of hydrogen-bond acceptors (Lipinski definition) is 6. The molecule has 0 aliphatic heterocycles. The number of carbonyl (C=O) groups excluding carboxylic acids is 2. The molecule has 1 atom stereocenters. The summed E-state index contributed by atoms with van der Waals surface area (Å²) >= 11 is 0. The van der Waals surface area contributed by atoms with Gasteiger partial charge in [0.2, 0.25) is 0 Å². The van der Waals surface area contributed by atoms with E-state index in [4.69, 9.17) is 0 Å². The SMILES string of the molecule is CNC(C)CNC(=O)c1ccccc1C(=O)c1ccc(N(C)C)c([N+](=O)[O-])c1. The molecule has 0 aliphatic carbocycles. The fraction of sp³-hybridized carbons (Fsp3) is 0.300. The maximum Gasteiger partial charge on any atom is 0.293 e. The Labute approximate surface area is 163 Å². The van der Waals surface area contributed by atoms with Crippen LogP contribution in [0.1, 0.15) is 33.2 Å². The Morgan fingerprint density at radius 2 is 1.79 bits per heavy atom. The Bertz CT molecular complexity index is 896. The number of benzene rings is 2. The number of amides is 1. The molecule has 0 saturated heterocycles. The lowest BCUT2D eigenvalue weighted by atomic mass is 9.97. The second-order valence-corrected chi connectivity index (χ2v) is 6.63. The zero-order valence-electron chi connectivity index (χ0n) is 16.4. The summed E-state index contributed by atoms with van der Waals surface area (Å²) in [5.74, 6) is -0.814. The molecule has 2 rings (SSSR count). The maximum atomic E-state index is 13.0.